The molecule has 0 fully saturated rings. The summed E-state index contributed by atoms with van der Waals surface area (Å²) in [5, 5.41) is 4.01. The van der Waals surface area contributed by atoms with E-state index in [1.54, 1.807) is 14.2 Å². The average Bonchev–Trinajstić information content (AvgIpc) is 2.80. The van der Waals surface area contributed by atoms with Gasteiger partial charge in [-0.3, -0.25) is 0 Å². The summed E-state index contributed by atoms with van der Waals surface area (Å²) in [5.74, 6) is 2.08. The molecule has 2 N–H and O–H groups in total. The lowest BCUT2D eigenvalue weighted by atomic mass is 10.0. The molecule has 0 aliphatic carbocycles. The van der Waals surface area contributed by atoms with Gasteiger partial charge < -0.3 is 19.7 Å². The summed E-state index contributed by atoms with van der Waals surface area (Å²) in [7, 11) is 3.21. The fourth-order valence-corrected chi connectivity index (χ4v) is 2.03. The summed E-state index contributed by atoms with van der Waals surface area (Å²) >= 11 is 0. The van der Waals surface area contributed by atoms with Gasteiger partial charge in [0.2, 0.25) is 0 Å². The van der Waals surface area contributed by atoms with Crippen molar-refractivity contribution in [2.24, 2.45) is 5.73 Å². The van der Waals surface area contributed by atoms with Crippen molar-refractivity contribution in [2.45, 2.75) is 13.3 Å². The number of rotatable bonds is 5. The Labute approximate surface area is 112 Å². The van der Waals surface area contributed by atoms with Crippen molar-refractivity contribution in [3.63, 3.8) is 0 Å². The predicted molar refractivity (Wildman–Crippen MR) is 72.5 cm³/mol. The molecule has 1 aromatic carbocycles. The van der Waals surface area contributed by atoms with Crippen LogP contribution in [0, 0.1) is 6.92 Å². The van der Waals surface area contributed by atoms with E-state index in [9.17, 15) is 0 Å². The number of aryl methyl sites for hydroxylation is 1. The van der Waals surface area contributed by atoms with Crippen LogP contribution in [-0.2, 0) is 6.42 Å². The number of nitrogens with two attached hydrogens (primary N) is 1. The van der Waals surface area contributed by atoms with Crippen LogP contribution in [0.15, 0.2) is 22.7 Å². The smallest absolute Gasteiger partial charge is 0.170 e. The average molecular weight is 262 g/mol. The van der Waals surface area contributed by atoms with Gasteiger partial charge in [-0.05, 0) is 38.1 Å². The van der Waals surface area contributed by atoms with E-state index in [-0.39, 0.29) is 0 Å². The highest BCUT2D eigenvalue weighted by Gasteiger charge is 2.16. The largest absolute Gasteiger partial charge is 0.493 e. The molecular weight excluding hydrogens is 244 g/mol. The van der Waals surface area contributed by atoms with Gasteiger partial charge in [-0.2, -0.15) is 0 Å². The Morgan fingerprint density at radius 3 is 2.58 bits per heavy atom. The van der Waals surface area contributed by atoms with Gasteiger partial charge in [-0.15, -0.1) is 0 Å². The van der Waals surface area contributed by atoms with Crippen LogP contribution in [0.4, 0.5) is 0 Å². The summed E-state index contributed by atoms with van der Waals surface area (Å²) in [6.07, 6.45) is 0.735. The van der Waals surface area contributed by atoms with Crippen LogP contribution in [0.1, 0.15) is 11.3 Å². The van der Waals surface area contributed by atoms with Crippen LogP contribution >= 0.6 is 0 Å². The third kappa shape index (κ3) is 2.56. The topological polar surface area (TPSA) is 70.5 Å². The van der Waals surface area contributed by atoms with Crippen LogP contribution in [-0.4, -0.2) is 25.9 Å². The molecule has 2 aromatic rings. The van der Waals surface area contributed by atoms with Crippen molar-refractivity contribution in [1.82, 2.24) is 5.16 Å². The molecule has 1 aromatic heterocycles. The molecule has 0 atom stereocenters. The summed E-state index contributed by atoms with van der Waals surface area (Å²) in [5.41, 5.74) is 8.43. The molecule has 0 saturated carbocycles. The minimum atomic E-state index is 0.558. The third-order valence-electron chi connectivity index (χ3n) is 3.02. The molecule has 0 aliphatic heterocycles. The third-order valence-corrected chi connectivity index (χ3v) is 3.02. The number of ether oxygens (including phenoxy) is 2. The van der Waals surface area contributed by atoms with Gasteiger partial charge in [0.05, 0.1) is 19.9 Å². The monoisotopic (exact) mass is 262 g/mol. The maximum Gasteiger partial charge on any atom is 0.170 e. The maximum absolute atomic E-state index is 5.62. The molecular formula is C14H18N2O3. The van der Waals surface area contributed by atoms with E-state index in [4.69, 9.17) is 19.7 Å². The van der Waals surface area contributed by atoms with E-state index in [0.29, 0.717) is 18.0 Å². The lowest BCUT2D eigenvalue weighted by Crippen LogP contribution is -2.04. The van der Waals surface area contributed by atoms with Crippen molar-refractivity contribution in [3.8, 4) is 22.8 Å². The molecule has 5 nitrogen and oxygen atoms in total. The first-order chi connectivity index (χ1) is 9.21. The standard InChI is InChI=1S/C14H18N2O3/c1-9-11(6-7-15)14(19-16-9)10-4-5-12(17-2)13(8-10)18-3/h4-5,8H,6-7,15H2,1-3H3. The van der Waals surface area contributed by atoms with E-state index in [0.717, 1.165) is 29.0 Å². The number of hydrogen-bond acceptors (Lipinski definition) is 5. The Morgan fingerprint density at radius 1 is 1.21 bits per heavy atom. The minimum absolute atomic E-state index is 0.558. The van der Waals surface area contributed by atoms with Crippen LogP contribution in [0.2, 0.25) is 0 Å². The Hall–Kier alpha value is -2.01. The first kappa shape index (κ1) is 13.4. The summed E-state index contributed by atoms with van der Waals surface area (Å²) in [6, 6.07) is 5.64. The molecule has 2 rings (SSSR count). The first-order valence-corrected chi connectivity index (χ1v) is 6.08. The second-order valence-corrected chi connectivity index (χ2v) is 4.18. The van der Waals surface area contributed by atoms with Crippen LogP contribution < -0.4 is 15.2 Å². The molecule has 0 unspecified atom stereocenters. The second-order valence-electron chi connectivity index (χ2n) is 4.18. The van der Waals surface area contributed by atoms with E-state index >= 15 is 0 Å². The van der Waals surface area contributed by atoms with Crippen LogP contribution in [0.25, 0.3) is 11.3 Å². The van der Waals surface area contributed by atoms with Gasteiger partial charge in [0, 0.05) is 11.1 Å². The van der Waals surface area contributed by atoms with E-state index in [1.807, 2.05) is 25.1 Å². The van der Waals surface area contributed by atoms with Gasteiger partial charge in [0.1, 0.15) is 0 Å². The fourth-order valence-electron chi connectivity index (χ4n) is 2.03. The van der Waals surface area contributed by atoms with Crippen molar-refractivity contribution in [2.75, 3.05) is 20.8 Å². The van der Waals surface area contributed by atoms with Crippen LogP contribution in [0.3, 0.4) is 0 Å². The van der Waals surface area contributed by atoms with E-state index < -0.39 is 0 Å². The highest BCUT2D eigenvalue weighted by molar-refractivity contribution is 5.66. The zero-order valence-electron chi connectivity index (χ0n) is 11.4. The Kier molecular flexibility index (Phi) is 4.06. The maximum atomic E-state index is 5.62. The Balaban J connectivity index is 2.47. The normalized spacial score (nSPS) is 10.5. The highest BCUT2D eigenvalue weighted by Crippen LogP contribution is 2.34. The van der Waals surface area contributed by atoms with Gasteiger partial charge in [0.25, 0.3) is 0 Å². The second kappa shape index (κ2) is 5.75. The fraction of sp³-hybridized carbons (Fsp3) is 0.357. The predicted octanol–water partition coefficient (Wildman–Crippen LogP) is 2.17. The first-order valence-electron chi connectivity index (χ1n) is 6.08. The van der Waals surface area contributed by atoms with Crippen molar-refractivity contribution in [3.05, 3.63) is 29.5 Å². The summed E-state index contributed by atoms with van der Waals surface area (Å²) in [6.45, 7) is 2.47. The van der Waals surface area contributed by atoms with Gasteiger partial charge in [-0.25, -0.2) is 0 Å². The van der Waals surface area contributed by atoms with Crippen LogP contribution in [0.5, 0.6) is 11.5 Å². The molecule has 19 heavy (non-hydrogen) atoms. The van der Waals surface area contributed by atoms with Crippen molar-refractivity contribution < 1.29 is 14.0 Å². The van der Waals surface area contributed by atoms with Gasteiger partial charge in [-0.1, -0.05) is 5.16 Å². The molecule has 102 valence electrons. The SMILES string of the molecule is COc1ccc(-c2onc(C)c2CCN)cc1OC. The summed E-state index contributed by atoms with van der Waals surface area (Å²) < 4.78 is 15.9. The Morgan fingerprint density at radius 2 is 1.95 bits per heavy atom. The number of nitrogens with zero attached hydrogens (tertiary/aromatic N) is 1. The lowest BCUT2D eigenvalue weighted by Gasteiger charge is -2.09. The molecule has 0 spiro atoms. The molecule has 0 aliphatic rings. The van der Waals surface area contributed by atoms with Crippen molar-refractivity contribution >= 4 is 0 Å². The quantitative estimate of drug-likeness (QED) is 0.894. The number of benzene rings is 1. The zero-order chi connectivity index (χ0) is 13.8. The lowest BCUT2D eigenvalue weighted by molar-refractivity contribution is 0.355. The Bertz CT molecular complexity index is 564. The van der Waals surface area contributed by atoms with Crippen molar-refractivity contribution in [1.29, 1.82) is 0 Å². The molecule has 0 saturated heterocycles. The van der Waals surface area contributed by atoms with Gasteiger partial charge >= 0.3 is 0 Å². The summed E-state index contributed by atoms with van der Waals surface area (Å²) in [4.78, 5) is 0. The van der Waals surface area contributed by atoms with E-state index in [2.05, 4.69) is 5.16 Å². The molecule has 0 bridgehead atoms. The van der Waals surface area contributed by atoms with E-state index in [1.165, 1.54) is 0 Å². The number of aromatic nitrogens is 1. The number of hydrogen-bond donors (Lipinski definition) is 1. The minimum Gasteiger partial charge on any atom is -0.493 e. The zero-order valence-corrected chi connectivity index (χ0v) is 11.4. The molecule has 0 radical (unpaired) electrons. The highest BCUT2D eigenvalue weighted by atomic mass is 16.5. The number of methoxy groups -OCH3 is 2. The molecule has 0 amide bonds. The molecule has 5 heteroatoms. The van der Waals surface area contributed by atoms with Gasteiger partial charge in [0.15, 0.2) is 17.3 Å². The molecule has 1 heterocycles.